The Morgan fingerprint density at radius 3 is 2.73 bits per heavy atom. The molecule has 0 N–H and O–H groups in total. The zero-order valence-electron chi connectivity index (χ0n) is 9.91. The van der Waals surface area contributed by atoms with Crippen LogP contribution in [0.4, 0.5) is 0 Å². The summed E-state index contributed by atoms with van der Waals surface area (Å²) in [6, 6.07) is 1.93. The molecule has 3 heteroatoms. The second-order valence-electron chi connectivity index (χ2n) is 3.67. The van der Waals surface area contributed by atoms with Gasteiger partial charge in [-0.2, -0.15) is 0 Å². The number of esters is 1. The highest BCUT2D eigenvalue weighted by Gasteiger charge is 2.20. The molecule has 1 aromatic heterocycles. The Labute approximate surface area is 91.0 Å². The first-order valence-electron chi connectivity index (χ1n) is 5.48. The Kier molecular flexibility index (Phi) is 3.95. The van der Waals surface area contributed by atoms with E-state index in [1.165, 1.54) is 12.8 Å². The average Bonchev–Trinajstić information content (AvgIpc) is 2.76. The highest BCUT2D eigenvalue weighted by Crippen LogP contribution is 2.22. The molecule has 2 rings (SSSR count). The largest absolute Gasteiger partial charge is 0.465 e. The van der Waals surface area contributed by atoms with Gasteiger partial charge in [0.05, 0.1) is 12.7 Å². The molecular weight excluding hydrogens is 190 g/mol. The molecule has 1 unspecified atom stereocenters. The molecule has 15 heavy (non-hydrogen) atoms. The standard InChI is InChI=1S/C10H13NO2.C2H6/c1-7-3-9-4-8(10(12)13-2)6-11(9)5-7;1-2/h4,6-7H,3,5H2,1-2H3;1-2H3. The first-order valence-corrected chi connectivity index (χ1v) is 5.48. The van der Waals surface area contributed by atoms with Gasteiger partial charge >= 0.3 is 5.97 Å². The maximum atomic E-state index is 11.2. The summed E-state index contributed by atoms with van der Waals surface area (Å²) in [5.41, 5.74) is 1.91. The number of hydrogen-bond donors (Lipinski definition) is 0. The predicted molar refractivity (Wildman–Crippen MR) is 60.0 cm³/mol. The van der Waals surface area contributed by atoms with Crippen LogP contribution in [0.3, 0.4) is 0 Å². The van der Waals surface area contributed by atoms with Gasteiger partial charge in [0, 0.05) is 18.4 Å². The van der Waals surface area contributed by atoms with Crippen LogP contribution in [0.25, 0.3) is 0 Å². The molecule has 0 aliphatic carbocycles. The lowest BCUT2D eigenvalue weighted by molar-refractivity contribution is 0.0600. The summed E-state index contributed by atoms with van der Waals surface area (Å²) < 4.78 is 6.78. The zero-order valence-corrected chi connectivity index (χ0v) is 9.91. The van der Waals surface area contributed by atoms with Crippen LogP contribution in [0.2, 0.25) is 0 Å². The zero-order chi connectivity index (χ0) is 11.4. The van der Waals surface area contributed by atoms with Crippen molar-refractivity contribution in [3.63, 3.8) is 0 Å². The molecule has 0 spiro atoms. The van der Waals surface area contributed by atoms with Gasteiger partial charge in [0.25, 0.3) is 0 Å². The number of ether oxygens (including phenoxy) is 1. The van der Waals surface area contributed by atoms with Gasteiger partial charge in [-0.3, -0.25) is 0 Å². The van der Waals surface area contributed by atoms with E-state index in [2.05, 4.69) is 16.2 Å². The van der Waals surface area contributed by atoms with Gasteiger partial charge in [0.1, 0.15) is 0 Å². The number of aromatic nitrogens is 1. The molecule has 0 amide bonds. The number of fused-ring (bicyclic) bond motifs is 1. The molecule has 0 saturated heterocycles. The lowest BCUT2D eigenvalue weighted by Crippen LogP contribution is -2.01. The highest BCUT2D eigenvalue weighted by atomic mass is 16.5. The van der Waals surface area contributed by atoms with Crippen LogP contribution in [0, 0.1) is 5.92 Å². The Balaban J connectivity index is 0.000000531. The molecule has 1 aliphatic heterocycles. The molecular formula is C12H19NO2. The molecule has 84 valence electrons. The minimum absolute atomic E-state index is 0.241. The Morgan fingerprint density at radius 2 is 2.20 bits per heavy atom. The molecule has 0 saturated carbocycles. The summed E-state index contributed by atoms with van der Waals surface area (Å²) in [6.45, 7) is 7.23. The van der Waals surface area contributed by atoms with Gasteiger partial charge in [-0.25, -0.2) is 4.79 Å². The third-order valence-corrected chi connectivity index (χ3v) is 2.47. The van der Waals surface area contributed by atoms with Gasteiger partial charge in [-0.15, -0.1) is 0 Å². The van der Waals surface area contributed by atoms with Gasteiger partial charge in [0.15, 0.2) is 0 Å². The van der Waals surface area contributed by atoms with Crippen LogP contribution < -0.4 is 0 Å². The monoisotopic (exact) mass is 209 g/mol. The second-order valence-corrected chi connectivity index (χ2v) is 3.67. The molecule has 1 atom stereocenters. The summed E-state index contributed by atoms with van der Waals surface area (Å²) in [4.78, 5) is 11.2. The molecule has 1 aromatic rings. The lowest BCUT2D eigenvalue weighted by atomic mass is 10.1. The van der Waals surface area contributed by atoms with Gasteiger partial charge in [-0.1, -0.05) is 20.8 Å². The van der Waals surface area contributed by atoms with Crippen molar-refractivity contribution < 1.29 is 9.53 Å². The minimum atomic E-state index is -0.241. The van der Waals surface area contributed by atoms with Gasteiger partial charge < -0.3 is 9.30 Å². The van der Waals surface area contributed by atoms with Crippen molar-refractivity contribution in [2.24, 2.45) is 5.92 Å². The van der Waals surface area contributed by atoms with Crippen molar-refractivity contribution in [3.05, 3.63) is 23.5 Å². The van der Waals surface area contributed by atoms with Gasteiger partial charge in [-0.05, 0) is 18.4 Å². The molecule has 3 nitrogen and oxygen atoms in total. The Hall–Kier alpha value is -1.25. The number of carbonyl (C=O) groups excluding carboxylic acids is 1. The van der Waals surface area contributed by atoms with E-state index in [0.717, 1.165) is 13.0 Å². The fourth-order valence-electron chi connectivity index (χ4n) is 1.88. The van der Waals surface area contributed by atoms with E-state index in [4.69, 9.17) is 0 Å². The second kappa shape index (κ2) is 5.01. The summed E-state index contributed by atoms with van der Waals surface area (Å²) >= 11 is 0. The van der Waals surface area contributed by atoms with Gasteiger partial charge in [0.2, 0.25) is 0 Å². The number of hydrogen-bond acceptors (Lipinski definition) is 2. The molecule has 0 fully saturated rings. The van der Waals surface area contributed by atoms with Crippen molar-refractivity contribution in [2.45, 2.75) is 33.7 Å². The SMILES string of the molecule is CC.COC(=O)c1cc2n(c1)CC(C)C2. The summed E-state index contributed by atoms with van der Waals surface area (Å²) in [5, 5.41) is 0. The quantitative estimate of drug-likeness (QED) is 0.665. The minimum Gasteiger partial charge on any atom is -0.465 e. The van der Waals surface area contributed by atoms with E-state index >= 15 is 0 Å². The summed E-state index contributed by atoms with van der Waals surface area (Å²) in [5.74, 6) is 0.455. The van der Waals surface area contributed by atoms with Crippen LogP contribution in [0.1, 0.15) is 36.8 Å². The van der Waals surface area contributed by atoms with E-state index in [9.17, 15) is 4.79 Å². The normalized spacial score (nSPS) is 17.7. The molecule has 0 aromatic carbocycles. The van der Waals surface area contributed by atoms with Crippen molar-refractivity contribution in [1.82, 2.24) is 4.57 Å². The van der Waals surface area contributed by atoms with Crippen molar-refractivity contribution in [1.29, 1.82) is 0 Å². The van der Waals surface area contributed by atoms with Crippen LogP contribution in [-0.4, -0.2) is 17.6 Å². The molecule has 0 bridgehead atoms. The van der Waals surface area contributed by atoms with E-state index in [0.29, 0.717) is 11.5 Å². The number of carbonyl (C=O) groups is 1. The van der Waals surface area contributed by atoms with Crippen LogP contribution in [-0.2, 0) is 17.7 Å². The smallest absolute Gasteiger partial charge is 0.339 e. The number of nitrogens with zero attached hydrogens (tertiary/aromatic N) is 1. The average molecular weight is 209 g/mol. The summed E-state index contributed by atoms with van der Waals surface area (Å²) in [7, 11) is 1.41. The van der Waals surface area contributed by atoms with Crippen molar-refractivity contribution in [2.75, 3.05) is 7.11 Å². The maximum absolute atomic E-state index is 11.2. The van der Waals surface area contributed by atoms with Crippen LogP contribution >= 0.6 is 0 Å². The Morgan fingerprint density at radius 1 is 1.53 bits per heavy atom. The predicted octanol–water partition coefficient (Wildman–Crippen LogP) is 2.49. The Bertz CT molecular complexity index is 318. The number of rotatable bonds is 1. The van der Waals surface area contributed by atoms with E-state index in [1.807, 2.05) is 26.1 Å². The highest BCUT2D eigenvalue weighted by molar-refractivity contribution is 5.89. The first-order chi connectivity index (χ1) is 7.20. The van der Waals surface area contributed by atoms with Crippen molar-refractivity contribution in [3.8, 4) is 0 Å². The third-order valence-electron chi connectivity index (χ3n) is 2.47. The van der Waals surface area contributed by atoms with Crippen molar-refractivity contribution >= 4 is 5.97 Å². The fourth-order valence-corrected chi connectivity index (χ4v) is 1.88. The fraction of sp³-hybridized carbons (Fsp3) is 0.583. The van der Waals surface area contributed by atoms with Crippen LogP contribution in [0.5, 0.6) is 0 Å². The first kappa shape index (κ1) is 11.8. The van der Waals surface area contributed by atoms with E-state index in [1.54, 1.807) is 0 Å². The van der Waals surface area contributed by atoms with E-state index < -0.39 is 0 Å². The number of methoxy groups -OCH3 is 1. The van der Waals surface area contributed by atoms with E-state index in [-0.39, 0.29) is 5.97 Å². The molecule has 0 radical (unpaired) electrons. The molecule has 1 aliphatic rings. The maximum Gasteiger partial charge on any atom is 0.339 e. The molecule has 2 heterocycles. The lowest BCUT2D eigenvalue weighted by Gasteiger charge is -1.98. The third kappa shape index (κ3) is 2.41. The summed E-state index contributed by atoms with van der Waals surface area (Å²) in [6.07, 6.45) is 2.95. The topological polar surface area (TPSA) is 31.2 Å². The van der Waals surface area contributed by atoms with Crippen LogP contribution in [0.15, 0.2) is 12.3 Å².